The topological polar surface area (TPSA) is 122 Å². The second-order valence-electron chi connectivity index (χ2n) is 7.53. The van der Waals surface area contributed by atoms with E-state index in [0.717, 1.165) is 5.56 Å². The third-order valence-electron chi connectivity index (χ3n) is 5.11. The van der Waals surface area contributed by atoms with E-state index in [0.29, 0.717) is 27.8 Å². The summed E-state index contributed by atoms with van der Waals surface area (Å²) in [5.74, 6) is -0.935. The van der Waals surface area contributed by atoms with Gasteiger partial charge in [-0.1, -0.05) is 61.9 Å². The van der Waals surface area contributed by atoms with Gasteiger partial charge in [-0.2, -0.15) is 0 Å². The van der Waals surface area contributed by atoms with Gasteiger partial charge >= 0.3 is 12.0 Å². The van der Waals surface area contributed by atoms with E-state index in [1.165, 1.54) is 11.3 Å². The Morgan fingerprint density at radius 2 is 1.68 bits per heavy atom. The van der Waals surface area contributed by atoms with Crippen molar-refractivity contribution in [2.45, 2.75) is 33.2 Å². The van der Waals surface area contributed by atoms with Crippen LogP contribution in [-0.2, 0) is 9.53 Å². The Hall–Kier alpha value is -3.79. The Balaban J connectivity index is 1.63. The predicted molar refractivity (Wildman–Crippen MR) is 132 cm³/mol. The number of aromatic nitrogens is 2. The fourth-order valence-electron chi connectivity index (χ4n) is 3.07. The van der Waals surface area contributed by atoms with Gasteiger partial charge in [-0.25, -0.2) is 9.59 Å². The monoisotopic (exact) mass is 481 g/mol. The molecule has 0 radical (unpaired) electrons. The van der Waals surface area contributed by atoms with E-state index < -0.39 is 18.0 Å². The maximum absolute atomic E-state index is 13.0. The van der Waals surface area contributed by atoms with Crippen molar-refractivity contribution < 1.29 is 19.1 Å². The molecule has 3 N–H and O–H groups in total. The van der Waals surface area contributed by atoms with Crippen molar-refractivity contribution in [2.75, 3.05) is 17.2 Å². The van der Waals surface area contributed by atoms with E-state index in [9.17, 15) is 14.4 Å². The molecule has 3 aromatic rings. The lowest BCUT2D eigenvalue weighted by Crippen LogP contribution is -2.49. The van der Waals surface area contributed by atoms with Crippen LogP contribution in [0.15, 0.2) is 54.6 Å². The molecule has 0 aliphatic carbocycles. The molecule has 178 valence electrons. The number of benzene rings is 2. The van der Waals surface area contributed by atoms with Gasteiger partial charge in [0.2, 0.25) is 11.0 Å². The fourth-order valence-corrected chi connectivity index (χ4v) is 3.82. The summed E-state index contributed by atoms with van der Waals surface area (Å²) < 4.78 is 4.95. The fraction of sp³-hybridized carbons (Fsp3) is 0.292. The highest BCUT2D eigenvalue weighted by atomic mass is 32.1. The molecule has 0 aliphatic heterocycles. The van der Waals surface area contributed by atoms with E-state index >= 15 is 0 Å². The average Bonchev–Trinajstić information content (AvgIpc) is 3.31. The van der Waals surface area contributed by atoms with Crippen LogP contribution in [0.25, 0.3) is 10.6 Å². The van der Waals surface area contributed by atoms with Gasteiger partial charge in [-0.05, 0) is 37.1 Å². The van der Waals surface area contributed by atoms with Gasteiger partial charge in [-0.15, -0.1) is 10.2 Å². The molecule has 34 heavy (non-hydrogen) atoms. The molecule has 0 aliphatic rings. The van der Waals surface area contributed by atoms with Gasteiger partial charge < -0.3 is 15.4 Å². The van der Waals surface area contributed by atoms with Crippen LogP contribution in [0.5, 0.6) is 0 Å². The van der Waals surface area contributed by atoms with Crippen LogP contribution >= 0.6 is 11.3 Å². The van der Waals surface area contributed by atoms with Crippen LogP contribution in [0.3, 0.4) is 0 Å². The standard InChI is InChI=1S/C24H27N5O4S/c1-4-15(3)19(20(30)27-24-29-28-21(34-24)16-9-7-6-8-10-16)26-23(32)25-18-13-11-17(12-14-18)22(31)33-5-2/h6-15,19H,4-5H2,1-3H3,(H2,25,26,32)(H,27,29,30)/t15-,19-/m1/s1. The van der Waals surface area contributed by atoms with Crippen LogP contribution < -0.4 is 16.0 Å². The number of carbonyl (C=O) groups excluding carboxylic acids is 3. The molecule has 1 heterocycles. The summed E-state index contributed by atoms with van der Waals surface area (Å²) in [6.07, 6.45) is 0.679. The number of carbonyl (C=O) groups is 3. The van der Waals surface area contributed by atoms with E-state index in [1.807, 2.05) is 44.2 Å². The first-order chi connectivity index (χ1) is 16.4. The van der Waals surface area contributed by atoms with Gasteiger partial charge in [0.05, 0.1) is 12.2 Å². The van der Waals surface area contributed by atoms with Crippen molar-refractivity contribution in [3.8, 4) is 10.6 Å². The number of ether oxygens (including phenoxy) is 1. The number of urea groups is 1. The predicted octanol–water partition coefficient (Wildman–Crippen LogP) is 4.56. The molecular weight excluding hydrogens is 454 g/mol. The van der Waals surface area contributed by atoms with E-state index in [2.05, 4.69) is 26.1 Å². The Morgan fingerprint density at radius 3 is 2.32 bits per heavy atom. The van der Waals surface area contributed by atoms with Crippen molar-refractivity contribution in [1.82, 2.24) is 15.5 Å². The average molecular weight is 482 g/mol. The molecule has 0 unspecified atom stereocenters. The molecule has 0 bridgehead atoms. The zero-order valence-corrected chi connectivity index (χ0v) is 20.0. The summed E-state index contributed by atoms with van der Waals surface area (Å²) in [6.45, 7) is 5.84. The second kappa shape index (κ2) is 11.9. The highest BCUT2D eigenvalue weighted by Gasteiger charge is 2.27. The van der Waals surface area contributed by atoms with Crippen LogP contribution in [0.1, 0.15) is 37.6 Å². The lowest BCUT2D eigenvalue weighted by atomic mass is 9.98. The van der Waals surface area contributed by atoms with Gasteiger partial charge in [0.15, 0.2) is 0 Å². The van der Waals surface area contributed by atoms with Crippen molar-refractivity contribution >= 4 is 40.1 Å². The Kier molecular flexibility index (Phi) is 8.69. The zero-order valence-electron chi connectivity index (χ0n) is 19.2. The molecule has 0 fully saturated rings. The number of rotatable bonds is 9. The maximum Gasteiger partial charge on any atom is 0.338 e. The summed E-state index contributed by atoms with van der Waals surface area (Å²) in [4.78, 5) is 37.3. The molecule has 3 rings (SSSR count). The first-order valence-corrected chi connectivity index (χ1v) is 11.8. The summed E-state index contributed by atoms with van der Waals surface area (Å²) >= 11 is 1.26. The van der Waals surface area contributed by atoms with Crippen LogP contribution in [0, 0.1) is 5.92 Å². The van der Waals surface area contributed by atoms with Crippen molar-refractivity contribution in [2.24, 2.45) is 5.92 Å². The number of nitrogens with one attached hydrogen (secondary N) is 3. The number of anilines is 2. The number of esters is 1. The van der Waals surface area contributed by atoms with Gasteiger partial charge in [-0.3, -0.25) is 10.1 Å². The molecule has 0 saturated carbocycles. The van der Waals surface area contributed by atoms with Crippen molar-refractivity contribution in [3.05, 3.63) is 60.2 Å². The van der Waals surface area contributed by atoms with E-state index in [1.54, 1.807) is 31.2 Å². The third-order valence-corrected chi connectivity index (χ3v) is 6.00. The smallest absolute Gasteiger partial charge is 0.338 e. The highest BCUT2D eigenvalue weighted by molar-refractivity contribution is 7.18. The van der Waals surface area contributed by atoms with Gasteiger partial charge in [0, 0.05) is 11.3 Å². The van der Waals surface area contributed by atoms with Crippen LogP contribution in [0.4, 0.5) is 15.6 Å². The number of hydrogen-bond acceptors (Lipinski definition) is 7. The molecule has 9 nitrogen and oxygen atoms in total. The molecule has 10 heteroatoms. The summed E-state index contributed by atoms with van der Waals surface area (Å²) in [5.41, 5.74) is 1.77. The minimum Gasteiger partial charge on any atom is -0.462 e. The van der Waals surface area contributed by atoms with E-state index in [4.69, 9.17) is 4.74 Å². The highest BCUT2D eigenvalue weighted by Crippen LogP contribution is 2.26. The van der Waals surface area contributed by atoms with Crippen LogP contribution in [-0.4, -0.2) is 40.8 Å². The summed E-state index contributed by atoms with van der Waals surface area (Å²) in [7, 11) is 0. The molecule has 0 spiro atoms. The Labute approximate surface area is 201 Å². The molecular formula is C24H27N5O4S. The molecule has 1 aromatic heterocycles. The van der Waals surface area contributed by atoms with Crippen LogP contribution in [0.2, 0.25) is 0 Å². The number of nitrogens with zero attached hydrogens (tertiary/aromatic N) is 2. The number of hydrogen-bond donors (Lipinski definition) is 3. The first kappa shape index (κ1) is 24.8. The van der Waals surface area contributed by atoms with Gasteiger partial charge in [0.1, 0.15) is 11.0 Å². The SMILES string of the molecule is CCOC(=O)c1ccc(NC(=O)N[C@@H](C(=O)Nc2nnc(-c3ccccc3)s2)[C@H](C)CC)cc1. The second-order valence-corrected chi connectivity index (χ2v) is 8.50. The normalized spacial score (nSPS) is 12.3. The molecule has 3 amide bonds. The molecule has 2 atom stereocenters. The third kappa shape index (κ3) is 6.61. The summed E-state index contributed by atoms with van der Waals surface area (Å²) in [6, 6.07) is 14.5. The van der Waals surface area contributed by atoms with Crippen molar-refractivity contribution in [3.63, 3.8) is 0 Å². The Morgan fingerprint density at radius 1 is 0.971 bits per heavy atom. The van der Waals surface area contributed by atoms with Crippen molar-refractivity contribution in [1.29, 1.82) is 0 Å². The first-order valence-electron chi connectivity index (χ1n) is 11.0. The Bertz CT molecular complexity index is 1120. The van der Waals surface area contributed by atoms with Gasteiger partial charge in [0.25, 0.3) is 0 Å². The number of amides is 3. The summed E-state index contributed by atoms with van der Waals surface area (Å²) in [5, 5.41) is 17.4. The minimum atomic E-state index is -0.784. The van der Waals surface area contributed by atoms with E-state index in [-0.39, 0.29) is 18.4 Å². The lowest BCUT2D eigenvalue weighted by Gasteiger charge is -2.23. The largest absolute Gasteiger partial charge is 0.462 e. The molecule has 0 saturated heterocycles. The minimum absolute atomic E-state index is 0.126. The lowest BCUT2D eigenvalue weighted by molar-refractivity contribution is -0.119. The molecule has 2 aromatic carbocycles. The maximum atomic E-state index is 13.0. The zero-order chi connectivity index (χ0) is 24.5. The quantitative estimate of drug-likeness (QED) is 0.385.